The predicted octanol–water partition coefficient (Wildman–Crippen LogP) is -0.847. The molecule has 0 rings (SSSR count). The minimum absolute atomic E-state index is 0. The summed E-state index contributed by atoms with van der Waals surface area (Å²) in [5, 5.41) is 23.4. The Morgan fingerprint density at radius 1 is 1.11 bits per heavy atom. The van der Waals surface area contributed by atoms with Gasteiger partial charge in [0.15, 0.2) is 0 Å². The van der Waals surface area contributed by atoms with Crippen molar-refractivity contribution in [2.24, 2.45) is 0 Å². The Morgan fingerprint density at radius 3 is 1.33 bits per heavy atom. The molecule has 0 unspecified atom stereocenters. The van der Waals surface area contributed by atoms with Crippen molar-refractivity contribution >= 4 is 11.9 Å². The average Bonchev–Trinajstić information content (AvgIpc) is 1.64. The molecule has 0 bridgehead atoms. The summed E-state index contributed by atoms with van der Waals surface area (Å²) in [5.41, 5.74) is 0. The molecule has 0 aromatic heterocycles. The first-order valence-corrected chi connectivity index (χ1v) is 1.69. The van der Waals surface area contributed by atoms with Crippen molar-refractivity contribution in [1.82, 2.24) is 0 Å². The van der Waals surface area contributed by atoms with Crippen LogP contribution in [0.5, 0.6) is 0 Å². The third kappa shape index (κ3) is 3.48. The second kappa shape index (κ2) is 3.85. The van der Waals surface area contributed by atoms with E-state index in [-0.39, 0.29) is 7.43 Å². The van der Waals surface area contributed by atoms with Gasteiger partial charge in [-0.3, -0.25) is 0 Å². The zero-order chi connectivity index (χ0) is 6.73. The maximum atomic E-state index is 9.51. The molecule has 0 aromatic carbocycles. The summed E-state index contributed by atoms with van der Waals surface area (Å²) in [4.78, 5) is 19.0. The van der Waals surface area contributed by atoms with Gasteiger partial charge in [0.25, 0.3) is 0 Å². The maximum Gasteiger partial charge on any atom is 0.344 e. The van der Waals surface area contributed by atoms with Crippen LogP contribution in [0.1, 0.15) is 7.43 Å². The summed E-state index contributed by atoms with van der Waals surface area (Å²) in [5.74, 6) is -3.50. The zero-order valence-electron chi connectivity index (χ0n) is 3.74. The summed E-state index contributed by atoms with van der Waals surface area (Å²) in [6.07, 6.45) is -2.30. The van der Waals surface area contributed by atoms with Crippen molar-refractivity contribution in [3.05, 3.63) is 0 Å². The van der Waals surface area contributed by atoms with Crippen molar-refractivity contribution < 1.29 is 24.9 Å². The topological polar surface area (TPSA) is 94.8 Å². The molecule has 0 aliphatic rings. The van der Waals surface area contributed by atoms with Gasteiger partial charge < -0.3 is 15.3 Å². The van der Waals surface area contributed by atoms with E-state index in [0.717, 1.165) is 0 Å². The molecule has 9 heavy (non-hydrogen) atoms. The van der Waals surface area contributed by atoms with E-state index in [9.17, 15) is 9.59 Å². The van der Waals surface area contributed by atoms with Crippen LogP contribution >= 0.6 is 0 Å². The predicted molar refractivity (Wildman–Crippen MR) is 28.0 cm³/mol. The minimum atomic E-state index is -2.30. The van der Waals surface area contributed by atoms with Gasteiger partial charge >= 0.3 is 11.9 Å². The summed E-state index contributed by atoms with van der Waals surface area (Å²) in [7, 11) is 0. The lowest BCUT2D eigenvalue weighted by molar-refractivity contribution is -0.160. The molecule has 5 heteroatoms. The van der Waals surface area contributed by atoms with Gasteiger partial charge in [-0.1, -0.05) is 7.43 Å². The molecule has 54 valence electrons. The number of aliphatic hydroxyl groups excluding tert-OH is 1. The number of hydrogen-bond donors (Lipinski definition) is 3. The summed E-state index contributed by atoms with van der Waals surface area (Å²) in [6, 6.07) is 0. The first-order chi connectivity index (χ1) is 3.55. The molecule has 0 atom stereocenters. The molecule has 0 saturated carbocycles. The lowest BCUT2D eigenvalue weighted by atomic mass is 10.4. The van der Waals surface area contributed by atoms with Gasteiger partial charge in [-0.15, -0.1) is 0 Å². The highest BCUT2D eigenvalue weighted by molar-refractivity contribution is 5.95. The Labute approximate surface area is 51.5 Å². The first kappa shape index (κ1) is 10.8. The first-order valence-electron chi connectivity index (χ1n) is 1.69. The van der Waals surface area contributed by atoms with Crippen LogP contribution in [0.2, 0.25) is 0 Å². The van der Waals surface area contributed by atoms with Crippen LogP contribution in [0.25, 0.3) is 0 Å². The Bertz CT molecular complexity index is 104. The second-order valence-electron chi connectivity index (χ2n) is 1.08. The van der Waals surface area contributed by atoms with Crippen LogP contribution < -0.4 is 0 Å². The van der Waals surface area contributed by atoms with Gasteiger partial charge in [0.05, 0.1) is 0 Å². The molecule has 0 aromatic rings. The molecule has 0 heterocycles. The maximum absolute atomic E-state index is 9.51. The van der Waals surface area contributed by atoms with Crippen LogP contribution in [0.3, 0.4) is 0 Å². The number of carbonyl (C=O) groups is 2. The Kier molecular flexibility index (Phi) is 4.62. The Morgan fingerprint density at radius 2 is 1.33 bits per heavy atom. The number of rotatable bonds is 2. The molecule has 0 aliphatic heterocycles. The number of aliphatic hydroxyl groups is 1. The summed E-state index contributed by atoms with van der Waals surface area (Å²) in [6.45, 7) is 0. The second-order valence-corrected chi connectivity index (χ2v) is 1.08. The Hall–Kier alpha value is -1.10. The molecule has 0 fully saturated rings. The van der Waals surface area contributed by atoms with E-state index in [1.807, 2.05) is 0 Å². The minimum Gasteiger partial charge on any atom is -0.479 e. The fourth-order valence-electron chi connectivity index (χ4n) is 0.106. The van der Waals surface area contributed by atoms with Gasteiger partial charge in [-0.05, 0) is 0 Å². The van der Waals surface area contributed by atoms with Crippen molar-refractivity contribution in [2.75, 3.05) is 0 Å². The lowest BCUT2D eigenvalue weighted by Crippen LogP contribution is -2.28. The fraction of sp³-hybridized carbons (Fsp3) is 0.500. The SMILES string of the molecule is C.O=C(O)C(O)C(=O)O. The molecular weight excluding hydrogens is 128 g/mol. The van der Waals surface area contributed by atoms with Crippen molar-refractivity contribution in [3.63, 3.8) is 0 Å². The highest BCUT2D eigenvalue weighted by Gasteiger charge is 2.20. The van der Waals surface area contributed by atoms with Crippen LogP contribution in [-0.4, -0.2) is 33.4 Å². The third-order valence-corrected chi connectivity index (χ3v) is 0.468. The molecule has 0 amide bonds. The van der Waals surface area contributed by atoms with E-state index < -0.39 is 18.0 Å². The van der Waals surface area contributed by atoms with Gasteiger partial charge in [0.1, 0.15) is 0 Å². The lowest BCUT2D eigenvalue weighted by Gasteiger charge is -1.93. The van der Waals surface area contributed by atoms with E-state index in [0.29, 0.717) is 0 Å². The quantitative estimate of drug-likeness (QED) is 0.430. The third-order valence-electron chi connectivity index (χ3n) is 0.468. The number of carboxylic acids is 2. The normalized spacial score (nSPS) is 8.22. The molecule has 0 radical (unpaired) electrons. The van der Waals surface area contributed by atoms with Crippen molar-refractivity contribution in [2.45, 2.75) is 13.5 Å². The van der Waals surface area contributed by atoms with Gasteiger partial charge in [-0.2, -0.15) is 0 Å². The van der Waals surface area contributed by atoms with Crippen LogP contribution in [0.15, 0.2) is 0 Å². The number of carboxylic acid groups (broad SMARTS) is 2. The molecule has 0 aliphatic carbocycles. The van der Waals surface area contributed by atoms with Gasteiger partial charge in [0.2, 0.25) is 6.10 Å². The largest absolute Gasteiger partial charge is 0.479 e. The average molecular weight is 136 g/mol. The van der Waals surface area contributed by atoms with Crippen molar-refractivity contribution in [3.8, 4) is 0 Å². The summed E-state index contributed by atoms with van der Waals surface area (Å²) >= 11 is 0. The standard InChI is InChI=1S/C3H4O5.CH4/c4-1(2(5)6)3(7)8;/h1,4H,(H,5,6)(H,7,8);1H4. The van der Waals surface area contributed by atoms with Crippen LogP contribution in [0.4, 0.5) is 0 Å². The fourth-order valence-corrected chi connectivity index (χ4v) is 0.106. The molecular formula is C4H8O5. The molecule has 3 N–H and O–H groups in total. The van der Waals surface area contributed by atoms with Crippen LogP contribution in [0, 0.1) is 0 Å². The van der Waals surface area contributed by atoms with Gasteiger partial charge in [0, 0.05) is 0 Å². The zero-order valence-corrected chi connectivity index (χ0v) is 3.74. The smallest absolute Gasteiger partial charge is 0.344 e. The van der Waals surface area contributed by atoms with E-state index in [2.05, 4.69) is 0 Å². The molecule has 0 spiro atoms. The highest BCUT2D eigenvalue weighted by atomic mass is 16.4. The van der Waals surface area contributed by atoms with E-state index in [1.54, 1.807) is 0 Å². The van der Waals surface area contributed by atoms with Crippen LogP contribution in [-0.2, 0) is 9.59 Å². The van der Waals surface area contributed by atoms with E-state index in [4.69, 9.17) is 15.3 Å². The van der Waals surface area contributed by atoms with E-state index in [1.165, 1.54) is 0 Å². The summed E-state index contributed by atoms with van der Waals surface area (Å²) < 4.78 is 0. The molecule has 0 saturated heterocycles. The van der Waals surface area contributed by atoms with Gasteiger partial charge in [-0.25, -0.2) is 9.59 Å². The Balaban J connectivity index is 0. The molecule has 5 nitrogen and oxygen atoms in total. The number of hydrogen-bond acceptors (Lipinski definition) is 3. The van der Waals surface area contributed by atoms with E-state index >= 15 is 0 Å². The monoisotopic (exact) mass is 136 g/mol. The number of aliphatic carboxylic acids is 2. The highest BCUT2D eigenvalue weighted by Crippen LogP contribution is 1.79. The van der Waals surface area contributed by atoms with Crippen molar-refractivity contribution in [1.29, 1.82) is 0 Å².